The third kappa shape index (κ3) is 2.94. The second kappa shape index (κ2) is 6.23. The lowest BCUT2D eigenvalue weighted by Crippen LogP contribution is -2.32. The van der Waals surface area contributed by atoms with Gasteiger partial charge in [-0.25, -0.2) is 0 Å². The van der Waals surface area contributed by atoms with E-state index in [9.17, 15) is 4.79 Å². The van der Waals surface area contributed by atoms with Gasteiger partial charge in [-0.3, -0.25) is 10.2 Å². The molecule has 0 aromatic rings. The molecule has 0 radical (unpaired) electrons. The Morgan fingerprint density at radius 1 is 1.23 bits per heavy atom. The van der Waals surface area contributed by atoms with Crippen LogP contribution in [0.25, 0.3) is 0 Å². The zero-order chi connectivity index (χ0) is 15.7. The summed E-state index contributed by atoms with van der Waals surface area (Å²) in [5, 5.41) is 4.54. The molecule has 0 aromatic heterocycles. The van der Waals surface area contributed by atoms with Gasteiger partial charge in [0.05, 0.1) is 0 Å². The minimum atomic E-state index is 0.0429. The molecule has 0 spiro atoms. The fourth-order valence-electron chi connectivity index (χ4n) is 3.54. The van der Waals surface area contributed by atoms with Crippen LogP contribution < -0.4 is 5.43 Å². The van der Waals surface area contributed by atoms with Crippen LogP contribution in [-0.4, -0.2) is 11.5 Å². The lowest BCUT2D eigenvalue weighted by atomic mass is 9.79. The number of allylic oxidation sites excluding steroid dienone is 6. The summed E-state index contributed by atoms with van der Waals surface area (Å²) in [6.07, 6.45) is 11.7. The minimum absolute atomic E-state index is 0.0429. The second-order valence-corrected chi connectivity index (χ2v) is 7.05. The van der Waals surface area contributed by atoms with Crippen molar-refractivity contribution < 1.29 is 4.79 Å². The van der Waals surface area contributed by atoms with Crippen LogP contribution in [0.3, 0.4) is 0 Å². The number of Topliss-reactive ketones (excluding diaryl/α,β-unsaturated/α-hetero) is 1. The van der Waals surface area contributed by atoms with Gasteiger partial charge in [-0.2, -0.15) is 5.10 Å². The molecular weight excluding hydrogens is 272 g/mol. The Hall–Kier alpha value is -1.64. The molecule has 0 heterocycles. The molecule has 0 aliphatic heterocycles. The zero-order valence-electron chi connectivity index (χ0n) is 13.9. The highest BCUT2D eigenvalue weighted by molar-refractivity contribution is 6.47. The van der Waals surface area contributed by atoms with E-state index in [0.29, 0.717) is 11.6 Å². The summed E-state index contributed by atoms with van der Waals surface area (Å²) in [6, 6.07) is 0. The second-order valence-electron chi connectivity index (χ2n) is 7.05. The quantitative estimate of drug-likeness (QED) is 0.779. The van der Waals surface area contributed by atoms with Gasteiger partial charge in [-0.1, -0.05) is 39.0 Å². The molecule has 3 heteroatoms. The predicted octanol–water partition coefficient (Wildman–Crippen LogP) is 4.14. The summed E-state index contributed by atoms with van der Waals surface area (Å²) in [7, 11) is 0. The van der Waals surface area contributed by atoms with Crippen molar-refractivity contribution >= 4 is 11.5 Å². The van der Waals surface area contributed by atoms with Gasteiger partial charge in [-0.15, -0.1) is 0 Å². The van der Waals surface area contributed by atoms with Crippen LogP contribution in [0.15, 0.2) is 40.2 Å². The van der Waals surface area contributed by atoms with Gasteiger partial charge in [0.2, 0.25) is 0 Å². The fourth-order valence-corrected chi connectivity index (χ4v) is 3.54. The smallest absolute Gasteiger partial charge is 0.186 e. The maximum atomic E-state index is 12.5. The molecule has 0 bridgehead atoms. The van der Waals surface area contributed by atoms with Crippen molar-refractivity contribution in [3.63, 3.8) is 0 Å². The Kier molecular flexibility index (Phi) is 4.32. The van der Waals surface area contributed by atoms with Crippen molar-refractivity contribution in [1.82, 2.24) is 5.43 Å². The molecule has 0 saturated carbocycles. The largest absolute Gasteiger partial charge is 0.292 e. The molecule has 3 nitrogen and oxygen atoms in total. The van der Waals surface area contributed by atoms with E-state index in [2.05, 4.69) is 42.6 Å². The van der Waals surface area contributed by atoms with Gasteiger partial charge in [0, 0.05) is 11.6 Å². The van der Waals surface area contributed by atoms with E-state index in [-0.39, 0.29) is 11.7 Å². The Balaban J connectivity index is 1.84. The van der Waals surface area contributed by atoms with E-state index < -0.39 is 0 Å². The van der Waals surface area contributed by atoms with Gasteiger partial charge in [0.25, 0.3) is 0 Å². The average Bonchev–Trinajstić information content (AvgIpc) is 2.51. The highest BCUT2D eigenvalue weighted by Crippen LogP contribution is 2.32. The van der Waals surface area contributed by atoms with Crippen LogP contribution in [0.2, 0.25) is 0 Å². The molecular formula is C19H26N2O. The number of carbonyl (C=O) groups is 1. The normalized spacial score (nSPS) is 33.8. The Morgan fingerprint density at radius 2 is 2.05 bits per heavy atom. The van der Waals surface area contributed by atoms with E-state index in [1.54, 1.807) is 0 Å². The van der Waals surface area contributed by atoms with Crippen molar-refractivity contribution in [2.45, 2.75) is 52.9 Å². The maximum absolute atomic E-state index is 12.5. The number of hydrazone groups is 1. The molecule has 3 atom stereocenters. The molecule has 3 rings (SSSR count). The molecule has 0 saturated heterocycles. The van der Waals surface area contributed by atoms with E-state index in [1.807, 2.05) is 6.92 Å². The maximum Gasteiger partial charge on any atom is 0.186 e. The molecule has 118 valence electrons. The third-order valence-corrected chi connectivity index (χ3v) is 5.30. The van der Waals surface area contributed by atoms with Crippen molar-refractivity contribution in [3.05, 3.63) is 35.1 Å². The molecule has 0 aromatic carbocycles. The van der Waals surface area contributed by atoms with Crippen LogP contribution >= 0.6 is 0 Å². The molecule has 22 heavy (non-hydrogen) atoms. The Bertz CT molecular complexity index is 595. The molecule has 3 unspecified atom stereocenters. The SMILES string of the molecule is CC1CC2=C(CCC=C2)C(=NNC2=CC(C)C(C)CC2)C1=O. The number of nitrogens with one attached hydrogen (secondary N) is 1. The van der Waals surface area contributed by atoms with Crippen LogP contribution in [-0.2, 0) is 4.79 Å². The minimum Gasteiger partial charge on any atom is -0.292 e. The van der Waals surface area contributed by atoms with E-state index in [0.717, 1.165) is 42.9 Å². The van der Waals surface area contributed by atoms with Gasteiger partial charge in [0.1, 0.15) is 5.71 Å². The summed E-state index contributed by atoms with van der Waals surface area (Å²) in [5.41, 5.74) is 7.50. The highest BCUT2D eigenvalue weighted by atomic mass is 16.1. The Labute approximate surface area is 133 Å². The first kappa shape index (κ1) is 15.3. The number of rotatable bonds is 2. The number of carbonyl (C=O) groups excluding carboxylic acids is 1. The number of nitrogens with zero attached hydrogens (tertiary/aromatic N) is 1. The average molecular weight is 298 g/mol. The number of ketones is 1. The molecule has 1 N–H and O–H groups in total. The summed E-state index contributed by atoms with van der Waals surface area (Å²) in [4.78, 5) is 12.5. The lowest BCUT2D eigenvalue weighted by molar-refractivity contribution is -0.116. The highest BCUT2D eigenvalue weighted by Gasteiger charge is 2.31. The summed E-state index contributed by atoms with van der Waals surface area (Å²) in [6.45, 7) is 6.55. The first-order chi connectivity index (χ1) is 10.6. The van der Waals surface area contributed by atoms with Gasteiger partial charge in [-0.05, 0) is 55.1 Å². The van der Waals surface area contributed by atoms with Crippen LogP contribution in [0, 0.1) is 17.8 Å². The van der Waals surface area contributed by atoms with Gasteiger partial charge >= 0.3 is 0 Å². The summed E-state index contributed by atoms with van der Waals surface area (Å²) < 4.78 is 0. The van der Waals surface area contributed by atoms with Gasteiger partial charge in [0.15, 0.2) is 5.78 Å². The molecule has 3 aliphatic rings. The first-order valence-electron chi connectivity index (χ1n) is 8.53. The first-order valence-corrected chi connectivity index (χ1v) is 8.53. The third-order valence-electron chi connectivity index (χ3n) is 5.30. The van der Waals surface area contributed by atoms with Crippen molar-refractivity contribution in [1.29, 1.82) is 0 Å². The van der Waals surface area contributed by atoms with Crippen molar-refractivity contribution in [2.24, 2.45) is 22.9 Å². The number of hydrogen-bond donors (Lipinski definition) is 1. The predicted molar refractivity (Wildman–Crippen MR) is 90.4 cm³/mol. The van der Waals surface area contributed by atoms with Crippen LogP contribution in [0.1, 0.15) is 52.9 Å². The summed E-state index contributed by atoms with van der Waals surface area (Å²) >= 11 is 0. The van der Waals surface area contributed by atoms with Crippen molar-refractivity contribution in [3.8, 4) is 0 Å². The van der Waals surface area contributed by atoms with E-state index >= 15 is 0 Å². The van der Waals surface area contributed by atoms with Crippen LogP contribution in [0.4, 0.5) is 0 Å². The van der Waals surface area contributed by atoms with Crippen LogP contribution in [0.5, 0.6) is 0 Å². The standard InChI is InChI=1S/C19H26N2O/c1-12-8-9-16(11-13(12)2)20-21-18-17-7-5-4-6-15(17)10-14(3)19(18)22/h4,6,11-14,20H,5,7-10H2,1-3H3. The van der Waals surface area contributed by atoms with Crippen molar-refractivity contribution in [2.75, 3.05) is 0 Å². The lowest BCUT2D eigenvalue weighted by Gasteiger charge is -2.27. The molecule has 0 amide bonds. The van der Waals surface area contributed by atoms with Gasteiger partial charge < -0.3 is 0 Å². The van der Waals surface area contributed by atoms with E-state index in [1.165, 1.54) is 12.0 Å². The summed E-state index contributed by atoms with van der Waals surface area (Å²) in [5.74, 6) is 1.54. The zero-order valence-corrected chi connectivity index (χ0v) is 13.9. The van der Waals surface area contributed by atoms with E-state index in [4.69, 9.17) is 0 Å². The Morgan fingerprint density at radius 3 is 2.82 bits per heavy atom. The topological polar surface area (TPSA) is 41.5 Å². The number of hydrogen-bond acceptors (Lipinski definition) is 3. The monoisotopic (exact) mass is 298 g/mol. The molecule has 0 fully saturated rings. The molecule has 3 aliphatic carbocycles. The fraction of sp³-hybridized carbons (Fsp3) is 0.579.